The van der Waals surface area contributed by atoms with Gasteiger partial charge in [-0.05, 0) is 48.2 Å². The molecule has 0 bridgehead atoms. The third kappa shape index (κ3) is 5.72. The van der Waals surface area contributed by atoms with E-state index in [0.29, 0.717) is 17.1 Å². The Morgan fingerprint density at radius 2 is 1.89 bits per heavy atom. The van der Waals surface area contributed by atoms with Crippen LogP contribution in [0.5, 0.6) is 5.75 Å². The summed E-state index contributed by atoms with van der Waals surface area (Å²) in [5, 5.41) is 2.74. The average Bonchev–Trinajstić information content (AvgIpc) is 2.58. The molecule has 0 saturated carbocycles. The molecule has 0 fully saturated rings. The van der Waals surface area contributed by atoms with Gasteiger partial charge in [0.05, 0.1) is 11.9 Å². The van der Waals surface area contributed by atoms with E-state index in [-0.39, 0.29) is 18.4 Å². The third-order valence-corrected chi connectivity index (χ3v) is 5.35. The fourth-order valence-corrected chi connectivity index (χ4v) is 3.05. The smallest absolute Gasteiger partial charge is 0.262 e. The normalized spacial score (nSPS) is 11.3. The molecule has 0 aliphatic carbocycles. The Kier molecular flexibility index (Phi) is 6.49. The van der Waals surface area contributed by atoms with Gasteiger partial charge in [-0.15, -0.1) is 0 Å². The van der Waals surface area contributed by atoms with Crippen LogP contribution in [-0.4, -0.2) is 34.2 Å². The third-order valence-electron chi connectivity index (χ3n) is 4.14. The van der Waals surface area contributed by atoms with Crippen molar-refractivity contribution in [2.45, 2.75) is 26.7 Å². The summed E-state index contributed by atoms with van der Waals surface area (Å²) in [6.45, 7) is 5.99. The molecule has 2 aromatic carbocycles. The van der Waals surface area contributed by atoms with E-state index in [1.165, 1.54) is 7.05 Å². The lowest BCUT2D eigenvalue weighted by molar-refractivity contribution is -0.118. The van der Waals surface area contributed by atoms with Crippen LogP contribution in [0.15, 0.2) is 42.5 Å². The minimum atomic E-state index is -3.37. The van der Waals surface area contributed by atoms with Crippen molar-refractivity contribution in [3.63, 3.8) is 0 Å². The number of nitrogens with one attached hydrogen (secondary N) is 1. The van der Waals surface area contributed by atoms with Gasteiger partial charge in [0, 0.05) is 12.7 Å². The van der Waals surface area contributed by atoms with E-state index in [1.54, 1.807) is 24.3 Å². The number of benzene rings is 2. The molecule has 0 aromatic heterocycles. The standard InChI is InChI=1S/C20H26N2O4S/c1-14(2)18-10-9-15(3)11-19(18)26-13-20(23)21-16-7-6-8-17(12-16)22(4)27(5,24)25/h6-12,14H,13H2,1-5H3,(H,21,23). The van der Waals surface area contributed by atoms with Gasteiger partial charge in [-0.3, -0.25) is 9.10 Å². The number of rotatable bonds is 7. The van der Waals surface area contributed by atoms with Crippen molar-refractivity contribution in [1.29, 1.82) is 0 Å². The van der Waals surface area contributed by atoms with Crippen molar-refractivity contribution in [3.05, 3.63) is 53.6 Å². The lowest BCUT2D eigenvalue weighted by Crippen LogP contribution is -2.25. The molecule has 1 N–H and O–H groups in total. The van der Waals surface area contributed by atoms with Crippen LogP contribution in [0.4, 0.5) is 11.4 Å². The molecule has 0 saturated heterocycles. The van der Waals surface area contributed by atoms with Gasteiger partial charge >= 0.3 is 0 Å². The molecule has 6 nitrogen and oxygen atoms in total. The summed E-state index contributed by atoms with van der Waals surface area (Å²) in [4.78, 5) is 12.3. The Morgan fingerprint density at radius 1 is 1.19 bits per heavy atom. The van der Waals surface area contributed by atoms with Gasteiger partial charge in [-0.2, -0.15) is 0 Å². The highest BCUT2D eigenvalue weighted by molar-refractivity contribution is 7.92. The summed E-state index contributed by atoms with van der Waals surface area (Å²) >= 11 is 0. The topological polar surface area (TPSA) is 75.7 Å². The zero-order valence-electron chi connectivity index (χ0n) is 16.3. The van der Waals surface area contributed by atoms with Gasteiger partial charge in [0.2, 0.25) is 10.0 Å². The average molecular weight is 391 g/mol. The van der Waals surface area contributed by atoms with Crippen LogP contribution in [0, 0.1) is 6.92 Å². The molecule has 27 heavy (non-hydrogen) atoms. The Balaban J connectivity index is 2.06. The monoisotopic (exact) mass is 390 g/mol. The second-order valence-corrected chi connectivity index (χ2v) is 8.83. The van der Waals surface area contributed by atoms with Crippen LogP contribution in [0.1, 0.15) is 30.9 Å². The van der Waals surface area contributed by atoms with Gasteiger partial charge in [-0.1, -0.05) is 32.0 Å². The van der Waals surface area contributed by atoms with Crippen LogP contribution in [0.25, 0.3) is 0 Å². The summed E-state index contributed by atoms with van der Waals surface area (Å²) < 4.78 is 30.2. The fraction of sp³-hybridized carbons (Fsp3) is 0.350. The molecule has 2 rings (SSSR count). The van der Waals surface area contributed by atoms with Gasteiger partial charge in [0.15, 0.2) is 6.61 Å². The van der Waals surface area contributed by atoms with Crippen LogP contribution in [-0.2, 0) is 14.8 Å². The van der Waals surface area contributed by atoms with E-state index in [1.807, 2.05) is 25.1 Å². The number of amides is 1. The van der Waals surface area contributed by atoms with E-state index in [2.05, 4.69) is 19.2 Å². The predicted octanol–water partition coefficient (Wildman–Crippen LogP) is 3.53. The van der Waals surface area contributed by atoms with E-state index in [9.17, 15) is 13.2 Å². The minimum absolute atomic E-state index is 0.130. The highest BCUT2D eigenvalue weighted by Crippen LogP contribution is 2.27. The number of hydrogen-bond acceptors (Lipinski definition) is 4. The van der Waals surface area contributed by atoms with Crippen molar-refractivity contribution in [1.82, 2.24) is 0 Å². The molecule has 0 aliphatic heterocycles. The number of anilines is 2. The summed E-state index contributed by atoms with van der Waals surface area (Å²) in [6, 6.07) is 12.6. The van der Waals surface area contributed by atoms with Crippen molar-refractivity contribution >= 4 is 27.3 Å². The fourth-order valence-electron chi connectivity index (χ4n) is 2.55. The molecular formula is C20H26N2O4S. The molecule has 0 radical (unpaired) electrons. The lowest BCUT2D eigenvalue weighted by Gasteiger charge is -2.18. The number of carbonyl (C=O) groups excluding carboxylic acids is 1. The first-order valence-corrected chi connectivity index (χ1v) is 10.5. The molecule has 0 spiro atoms. The zero-order valence-corrected chi connectivity index (χ0v) is 17.1. The maximum atomic E-state index is 12.3. The highest BCUT2D eigenvalue weighted by atomic mass is 32.2. The van der Waals surface area contributed by atoms with Gasteiger partial charge in [0.25, 0.3) is 5.91 Å². The Labute approximate surface area is 161 Å². The van der Waals surface area contributed by atoms with Gasteiger partial charge in [0.1, 0.15) is 5.75 Å². The number of aryl methyl sites for hydroxylation is 1. The molecule has 7 heteroatoms. The SMILES string of the molecule is Cc1ccc(C(C)C)c(OCC(=O)Nc2cccc(N(C)S(C)(=O)=O)c2)c1. The van der Waals surface area contributed by atoms with Crippen LogP contribution in [0.2, 0.25) is 0 Å². The molecule has 0 heterocycles. The van der Waals surface area contributed by atoms with Gasteiger partial charge in [-0.25, -0.2) is 8.42 Å². The number of hydrogen-bond donors (Lipinski definition) is 1. The molecule has 1 amide bonds. The maximum Gasteiger partial charge on any atom is 0.262 e. The van der Waals surface area contributed by atoms with E-state index in [0.717, 1.165) is 21.7 Å². The van der Waals surface area contributed by atoms with E-state index >= 15 is 0 Å². The molecule has 0 aliphatic rings. The molecule has 0 atom stereocenters. The second-order valence-electron chi connectivity index (χ2n) is 6.81. The maximum absolute atomic E-state index is 12.3. The van der Waals surface area contributed by atoms with Crippen LogP contribution < -0.4 is 14.4 Å². The van der Waals surface area contributed by atoms with Crippen LogP contribution in [0.3, 0.4) is 0 Å². The Bertz CT molecular complexity index is 923. The number of sulfonamides is 1. The molecular weight excluding hydrogens is 364 g/mol. The van der Waals surface area contributed by atoms with Crippen molar-refractivity contribution in [2.75, 3.05) is 29.5 Å². The van der Waals surface area contributed by atoms with Crippen molar-refractivity contribution < 1.29 is 17.9 Å². The first kappa shape index (κ1) is 20.8. The number of carbonyl (C=O) groups is 1. The molecule has 2 aromatic rings. The molecule has 146 valence electrons. The summed E-state index contributed by atoms with van der Waals surface area (Å²) in [5.74, 6) is 0.669. The Hall–Kier alpha value is -2.54. The van der Waals surface area contributed by atoms with Crippen LogP contribution >= 0.6 is 0 Å². The number of nitrogens with zero attached hydrogens (tertiary/aromatic N) is 1. The highest BCUT2D eigenvalue weighted by Gasteiger charge is 2.14. The first-order valence-electron chi connectivity index (χ1n) is 8.65. The largest absolute Gasteiger partial charge is 0.483 e. The Morgan fingerprint density at radius 3 is 2.52 bits per heavy atom. The summed E-state index contributed by atoms with van der Waals surface area (Å²) in [5.41, 5.74) is 3.08. The minimum Gasteiger partial charge on any atom is -0.483 e. The number of ether oxygens (including phenoxy) is 1. The first-order chi connectivity index (χ1) is 12.6. The second kappa shape index (κ2) is 8.43. The van der Waals surface area contributed by atoms with Crippen molar-refractivity contribution in [2.24, 2.45) is 0 Å². The summed E-state index contributed by atoms with van der Waals surface area (Å²) in [7, 11) is -1.91. The zero-order chi connectivity index (χ0) is 20.2. The van der Waals surface area contributed by atoms with E-state index in [4.69, 9.17) is 4.74 Å². The van der Waals surface area contributed by atoms with Gasteiger partial charge < -0.3 is 10.1 Å². The van der Waals surface area contributed by atoms with E-state index < -0.39 is 10.0 Å². The van der Waals surface area contributed by atoms with Crippen molar-refractivity contribution in [3.8, 4) is 5.75 Å². The molecule has 0 unspecified atom stereocenters. The predicted molar refractivity (Wildman–Crippen MR) is 109 cm³/mol. The quantitative estimate of drug-likeness (QED) is 0.785. The lowest BCUT2D eigenvalue weighted by atomic mass is 10.0. The summed E-state index contributed by atoms with van der Waals surface area (Å²) in [6.07, 6.45) is 1.13.